The van der Waals surface area contributed by atoms with Crippen LogP contribution in [0.4, 0.5) is 5.69 Å². The second-order valence-corrected chi connectivity index (χ2v) is 7.88. The van der Waals surface area contributed by atoms with Gasteiger partial charge >= 0.3 is 0 Å². The maximum absolute atomic E-state index is 10.3. The quantitative estimate of drug-likeness (QED) is 0.330. The Balaban J connectivity index is 1.55. The van der Waals surface area contributed by atoms with Crippen LogP contribution in [0.5, 0.6) is 0 Å². The Morgan fingerprint density at radius 1 is 1.07 bits per heavy atom. The van der Waals surface area contributed by atoms with Gasteiger partial charge in [-0.05, 0) is 55.9 Å². The van der Waals surface area contributed by atoms with Crippen LogP contribution in [0.3, 0.4) is 0 Å². The summed E-state index contributed by atoms with van der Waals surface area (Å²) in [5.41, 5.74) is 8.04. The van der Waals surface area contributed by atoms with Crippen molar-refractivity contribution in [3.8, 4) is 0 Å². The minimum absolute atomic E-state index is 0.304. The molecule has 2 rings (SSSR count). The average Bonchev–Trinajstić information content (AvgIpc) is 2.69. The summed E-state index contributed by atoms with van der Waals surface area (Å²) in [5, 5.41) is 14.4. The molecule has 0 aliphatic carbocycles. The number of hydrogen-bond donors (Lipinski definition) is 3. The van der Waals surface area contributed by atoms with Crippen LogP contribution >= 0.6 is 23.2 Å². The van der Waals surface area contributed by atoms with Gasteiger partial charge in [0.1, 0.15) is 0 Å². The van der Waals surface area contributed by atoms with Gasteiger partial charge in [-0.3, -0.25) is 0 Å². The molecule has 0 saturated heterocycles. The van der Waals surface area contributed by atoms with E-state index in [1.54, 1.807) is 12.1 Å². The number of nitrogen functional groups attached to an aromatic ring is 1. The fourth-order valence-corrected chi connectivity index (χ4v) is 3.42. The number of benzene rings is 2. The first-order valence-electron chi connectivity index (χ1n) is 9.75. The molecule has 0 aliphatic heterocycles. The summed E-state index contributed by atoms with van der Waals surface area (Å²) in [5.74, 6) is 0. The summed E-state index contributed by atoms with van der Waals surface area (Å²) in [6.45, 7) is 4.10. The molecular formula is C22H30Cl2N2O2. The Morgan fingerprint density at radius 2 is 1.75 bits per heavy atom. The van der Waals surface area contributed by atoms with Crippen molar-refractivity contribution < 1.29 is 9.84 Å². The number of halogens is 2. The summed E-state index contributed by atoms with van der Waals surface area (Å²) in [6, 6.07) is 14.0. The summed E-state index contributed by atoms with van der Waals surface area (Å²) in [7, 11) is 0. The van der Waals surface area contributed by atoms with Crippen LogP contribution in [0.25, 0.3) is 0 Å². The van der Waals surface area contributed by atoms with Crippen LogP contribution in [0.15, 0.2) is 42.5 Å². The highest BCUT2D eigenvalue weighted by molar-refractivity contribution is 6.38. The Bertz CT molecular complexity index is 690. The third-order valence-corrected chi connectivity index (χ3v) is 5.32. The highest BCUT2D eigenvalue weighted by atomic mass is 35.5. The molecule has 2 aromatic carbocycles. The topological polar surface area (TPSA) is 67.5 Å². The number of nitrogens with two attached hydrogens (primary N) is 1. The van der Waals surface area contributed by atoms with E-state index in [1.807, 2.05) is 6.07 Å². The van der Waals surface area contributed by atoms with Crippen LogP contribution in [-0.2, 0) is 11.2 Å². The SMILES string of the molecule is CC(CCCCOCCc1ccccc1)NCC(O)c1cc(Cl)c(N)c(Cl)c1. The molecule has 0 heterocycles. The number of unbranched alkanes of at least 4 members (excludes halogenated alkanes) is 1. The van der Waals surface area contributed by atoms with Gasteiger partial charge in [0, 0.05) is 19.2 Å². The number of rotatable bonds is 12. The van der Waals surface area contributed by atoms with Crippen molar-refractivity contribution in [1.82, 2.24) is 5.32 Å². The maximum atomic E-state index is 10.3. The van der Waals surface area contributed by atoms with Crippen molar-refractivity contribution in [2.45, 2.75) is 44.8 Å². The summed E-state index contributed by atoms with van der Waals surface area (Å²) in [6.07, 6.45) is 3.41. The van der Waals surface area contributed by atoms with Crippen molar-refractivity contribution in [2.75, 3.05) is 25.5 Å². The number of aliphatic hydroxyl groups is 1. The van der Waals surface area contributed by atoms with Crippen molar-refractivity contribution in [1.29, 1.82) is 0 Å². The van der Waals surface area contributed by atoms with Gasteiger partial charge < -0.3 is 20.9 Å². The monoisotopic (exact) mass is 424 g/mol. The highest BCUT2D eigenvalue weighted by Gasteiger charge is 2.13. The molecule has 6 heteroatoms. The van der Waals surface area contributed by atoms with Crippen molar-refractivity contribution >= 4 is 28.9 Å². The first-order valence-corrected chi connectivity index (χ1v) is 10.5. The van der Waals surface area contributed by atoms with Gasteiger partial charge in [0.05, 0.1) is 28.4 Å². The largest absolute Gasteiger partial charge is 0.396 e. The van der Waals surface area contributed by atoms with Crippen molar-refractivity contribution in [3.05, 3.63) is 63.6 Å². The molecule has 0 saturated carbocycles. The number of anilines is 1. The molecular weight excluding hydrogens is 395 g/mol. The van der Waals surface area contributed by atoms with Gasteiger partial charge in [0.15, 0.2) is 0 Å². The van der Waals surface area contributed by atoms with E-state index >= 15 is 0 Å². The average molecular weight is 425 g/mol. The third-order valence-electron chi connectivity index (χ3n) is 4.70. The molecule has 0 aromatic heterocycles. The first-order chi connectivity index (χ1) is 13.5. The molecule has 0 amide bonds. The van der Waals surface area contributed by atoms with Crippen LogP contribution in [0, 0.1) is 0 Å². The molecule has 0 radical (unpaired) electrons. The normalized spacial score (nSPS) is 13.4. The van der Waals surface area contributed by atoms with Crippen LogP contribution in [0.1, 0.15) is 43.4 Å². The van der Waals surface area contributed by atoms with Gasteiger partial charge in [-0.2, -0.15) is 0 Å². The zero-order valence-corrected chi connectivity index (χ0v) is 17.8. The van der Waals surface area contributed by atoms with Gasteiger partial charge in [0.25, 0.3) is 0 Å². The van der Waals surface area contributed by atoms with E-state index in [9.17, 15) is 5.11 Å². The molecule has 154 valence electrons. The second kappa shape index (κ2) is 12.3. The van der Waals surface area contributed by atoms with E-state index in [4.69, 9.17) is 33.7 Å². The molecule has 0 fully saturated rings. The predicted molar refractivity (Wildman–Crippen MR) is 118 cm³/mol. The summed E-state index contributed by atoms with van der Waals surface area (Å²) >= 11 is 12.1. The van der Waals surface area contributed by atoms with Crippen molar-refractivity contribution in [2.24, 2.45) is 0 Å². The molecule has 2 unspecified atom stereocenters. The smallest absolute Gasteiger partial charge is 0.0915 e. The Hall–Kier alpha value is -1.30. The number of nitrogens with one attached hydrogen (secondary N) is 1. The van der Waals surface area contributed by atoms with Crippen LogP contribution < -0.4 is 11.1 Å². The standard InChI is InChI=1S/C22H30Cl2N2O2/c1-16(7-5-6-11-28-12-10-17-8-3-2-4-9-17)26-15-21(27)18-13-19(23)22(25)20(24)14-18/h2-4,8-9,13-14,16,21,26-27H,5-7,10-12,15,25H2,1H3. The molecule has 28 heavy (non-hydrogen) atoms. The fraction of sp³-hybridized carbons (Fsp3) is 0.455. The Kier molecular flexibility index (Phi) is 10.1. The lowest BCUT2D eigenvalue weighted by Gasteiger charge is -2.18. The van der Waals surface area contributed by atoms with Gasteiger partial charge in [-0.1, -0.05) is 53.5 Å². The van der Waals surface area contributed by atoms with Gasteiger partial charge in [0.2, 0.25) is 0 Å². The first kappa shape index (κ1) is 23.0. The lowest BCUT2D eigenvalue weighted by molar-refractivity contribution is 0.131. The molecule has 0 bridgehead atoms. The molecule has 2 atom stereocenters. The van der Waals surface area contributed by atoms with Crippen LogP contribution in [-0.4, -0.2) is 30.9 Å². The lowest BCUT2D eigenvalue weighted by Crippen LogP contribution is -2.30. The zero-order valence-electron chi connectivity index (χ0n) is 16.3. The fourth-order valence-electron chi connectivity index (χ4n) is 2.92. The third kappa shape index (κ3) is 7.98. The van der Waals surface area contributed by atoms with E-state index in [1.165, 1.54) is 5.56 Å². The predicted octanol–water partition coefficient (Wildman–Crippen LogP) is 5.02. The van der Waals surface area contributed by atoms with E-state index < -0.39 is 6.10 Å². The summed E-state index contributed by atoms with van der Waals surface area (Å²) in [4.78, 5) is 0. The van der Waals surface area contributed by atoms with Crippen LogP contribution in [0.2, 0.25) is 10.0 Å². The Morgan fingerprint density at radius 3 is 2.43 bits per heavy atom. The molecule has 2 aromatic rings. The lowest BCUT2D eigenvalue weighted by atomic mass is 10.1. The molecule has 4 N–H and O–H groups in total. The van der Waals surface area contributed by atoms with Crippen molar-refractivity contribution in [3.63, 3.8) is 0 Å². The Labute approximate surface area is 178 Å². The second-order valence-electron chi connectivity index (χ2n) is 7.07. The van der Waals surface area contributed by atoms with Gasteiger partial charge in [-0.25, -0.2) is 0 Å². The molecule has 4 nitrogen and oxygen atoms in total. The number of ether oxygens (including phenoxy) is 1. The zero-order chi connectivity index (χ0) is 20.4. The molecule has 0 spiro atoms. The van der Waals surface area contributed by atoms with E-state index in [-0.39, 0.29) is 0 Å². The number of hydrogen-bond acceptors (Lipinski definition) is 4. The van der Waals surface area contributed by atoms with E-state index in [0.29, 0.717) is 33.9 Å². The van der Waals surface area contributed by atoms with E-state index in [0.717, 1.165) is 38.9 Å². The van der Waals surface area contributed by atoms with E-state index in [2.05, 4.69) is 36.5 Å². The molecule has 0 aliphatic rings. The summed E-state index contributed by atoms with van der Waals surface area (Å²) < 4.78 is 5.71. The minimum atomic E-state index is -0.681. The maximum Gasteiger partial charge on any atom is 0.0915 e. The van der Waals surface area contributed by atoms with Gasteiger partial charge in [-0.15, -0.1) is 0 Å². The highest BCUT2D eigenvalue weighted by Crippen LogP contribution is 2.31. The number of aliphatic hydroxyl groups excluding tert-OH is 1. The minimum Gasteiger partial charge on any atom is -0.396 e.